The largest absolute Gasteiger partial charge is 0.488 e. The van der Waals surface area contributed by atoms with Gasteiger partial charge in [-0.25, -0.2) is 0 Å². The minimum atomic E-state index is 0.137. The van der Waals surface area contributed by atoms with Gasteiger partial charge in [0.2, 0.25) is 0 Å². The molecule has 0 radical (unpaired) electrons. The molecule has 0 spiro atoms. The molecule has 1 unspecified atom stereocenters. The van der Waals surface area contributed by atoms with E-state index in [4.69, 9.17) is 10.5 Å². The van der Waals surface area contributed by atoms with Gasteiger partial charge in [-0.05, 0) is 31.9 Å². The van der Waals surface area contributed by atoms with E-state index < -0.39 is 0 Å². The average Bonchev–Trinajstić information content (AvgIpc) is 2.80. The van der Waals surface area contributed by atoms with Crippen molar-refractivity contribution in [2.45, 2.75) is 32.9 Å². The number of nitrogens with two attached hydrogens (primary N) is 1. The second kappa shape index (κ2) is 5.98. The maximum absolute atomic E-state index is 5.87. The molecular formula is C14H18N2OS. The molecule has 96 valence electrons. The Bertz CT molecular complexity index is 495. The van der Waals surface area contributed by atoms with Crippen molar-refractivity contribution in [2.75, 3.05) is 0 Å². The van der Waals surface area contributed by atoms with Crippen LogP contribution in [0.1, 0.15) is 22.9 Å². The fourth-order valence-electron chi connectivity index (χ4n) is 1.82. The van der Waals surface area contributed by atoms with Gasteiger partial charge in [0, 0.05) is 12.2 Å². The smallest absolute Gasteiger partial charge is 0.124 e. The number of aryl methyl sites for hydroxylation is 1. The molecule has 0 aliphatic heterocycles. The Hall–Kier alpha value is -1.39. The third kappa shape index (κ3) is 3.55. The van der Waals surface area contributed by atoms with Crippen LogP contribution in [0.15, 0.2) is 29.9 Å². The van der Waals surface area contributed by atoms with Crippen LogP contribution in [0.5, 0.6) is 5.75 Å². The predicted molar refractivity (Wildman–Crippen MR) is 75.0 cm³/mol. The van der Waals surface area contributed by atoms with Gasteiger partial charge in [-0.15, -0.1) is 11.3 Å². The molecule has 0 aliphatic rings. The Kier molecular flexibility index (Phi) is 4.33. The molecule has 0 bridgehead atoms. The van der Waals surface area contributed by atoms with Crippen molar-refractivity contribution in [3.05, 3.63) is 45.9 Å². The van der Waals surface area contributed by atoms with Crippen LogP contribution >= 0.6 is 11.3 Å². The number of aromatic nitrogens is 1. The number of benzene rings is 1. The quantitative estimate of drug-likeness (QED) is 0.901. The van der Waals surface area contributed by atoms with E-state index in [0.717, 1.165) is 17.0 Å². The zero-order valence-electron chi connectivity index (χ0n) is 10.7. The van der Waals surface area contributed by atoms with E-state index in [-0.39, 0.29) is 6.04 Å². The molecule has 2 rings (SSSR count). The van der Waals surface area contributed by atoms with Crippen molar-refractivity contribution in [1.29, 1.82) is 0 Å². The summed E-state index contributed by atoms with van der Waals surface area (Å²) >= 11 is 1.60. The van der Waals surface area contributed by atoms with Crippen LogP contribution in [0, 0.1) is 6.92 Å². The molecule has 1 heterocycles. The molecule has 18 heavy (non-hydrogen) atoms. The van der Waals surface area contributed by atoms with E-state index in [0.29, 0.717) is 6.61 Å². The third-order valence-corrected chi connectivity index (χ3v) is 3.36. The molecule has 0 saturated carbocycles. The van der Waals surface area contributed by atoms with Crippen molar-refractivity contribution in [3.63, 3.8) is 0 Å². The van der Waals surface area contributed by atoms with E-state index in [9.17, 15) is 0 Å². The Morgan fingerprint density at radius 3 is 2.94 bits per heavy atom. The second-order valence-electron chi connectivity index (χ2n) is 4.55. The van der Waals surface area contributed by atoms with Crippen LogP contribution in [0.2, 0.25) is 0 Å². The van der Waals surface area contributed by atoms with Gasteiger partial charge >= 0.3 is 0 Å². The normalized spacial score (nSPS) is 12.4. The first-order valence-corrected chi connectivity index (χ1v) is 6.88. The molecule has 3 nitrogen and oxygen atoms in total. The summed E-state index contributed by atoms with van der Waals surface area (Å²) in [4.78, 5) is 5.17. The highest BCUT2D eigenvalue weighted by molar-refractivity contribution is 7.09. The van der Waals surface area contributed by atoms with E-state index in [1.165, 1.54) is 11.1 Å². The number of hydrogen-bond acceptors (Lipinski definition) is 4. The fraction of sp³-hybridized carbons (Fsp3) is 0.357. The van der Waals surface area contributed by atoms with Gasteiger partial charge in [0.1, 0.15) is 12.4 Å². The van der Waals surface area contributed by atoms with E-state index >= 15 is 0 Å². The Morgan fingerprint density at radius 2 is 2.28 bits per heavy atom. The molecule has 2 N–H and O–H groups in total. The summed E-state index contributed by atoms with van der Waals surface area (Å²) in [6.07, 6.45) is 2.67. The van der Waals surface area contributed by atoms with E-state index in [1.54, 1.807) is 11.3 Å². The van der Waals surface area contributed by atoms with Crippen molar-refractivity contribution in [1.82, 2.24) is 4.98 Å². The SMILES string of the molecule is Cc1ccc(OCc2cncs2)c(CC(C)N)c1. The van der Waals surface area contributed by atoms with Crippen molar-refractivity contribution in [3.8, 4) is 5.75 Å². The molecule has 0 aliphatic carbocycles. The lowest BCUT2D eigenvalue weighted by Gasteiger charge is -2.13. The summed E-state index contributed by atoms with van der Waals surface area (Å²) < 4.78 is 5.85. The predicted octanol–water partition coefficient (Wildman–Crippen LogP) is 2.92. The molecule has 1 atom stereocenters. The summed E-state index contributed by atoms with van der Waals surface area (Å²) in [6.45, 7) is 4.66. The fourth-order valence-corrected chi connectivity index (χ4v) is 2.32. The molecule has 0 fully saturated rings. The van der Waals surface area contributed by atoms with Crippen LogP contribution in [0.3, 0.4) is 0 Å². The average molecular weight is 262 g/mol. The lowest BCUT2D eigenvalue weighted by Crippen LogP contribution is -2.18. The van der Waals surface area contributed by atoms with Gasteiger partial charge in [0.05, 0.1) is 10.4 Å². The first-order chi connectivity index (χ1) is 8.65. The monoisotopic (exact) mass is 262 g/mol. The minimum absolute atomic E-state index is 0.137. The topological polar surface area (TPSA) is 48.1 Å². The number of rotatable bonds is 5. The van der Waals surface area contributed by atoms with Crippen LogP contribution in [-0.4, -0.2) is 11.0 Å². The number of thiazole rings is 1. The molecule has 1 aromatic carbocycles. The first kappa shape index (κ1) is 13.1. The molecule has 0 amide bonds. The molecule has 4 heteroatoms. The molecule has 0 saturated heterocycles. The van der Waals surface area contributed by atoms with E-state index in [2.05, 4.69) is 24.0 Å². The van der Waals surface area contributed by atoms with Crippen LogP contribution in [-0.2, 0) is 13.0 Å². The van der Waals surface area contributed by atoms with Gasteiger partial charge in [0.25, 0.3) is 0 Å². The van der Waals surface area contributed by atoms with E-state index in [1.807, 2.05) is 24.7 Å². The number of hydrogen-bond donors (Lipinski definition) is 1. The number of ether oxygens (including phenoxy) is 1. The minimum Gasteiger partial charge on any atom is -0.488 e. The van der Waals surface area contributed by atoms with Crippen LogP contribution in [0.25, 0.3) is 0 Å². The Morgan fingerprint density at radius 1 is 1.44 bits per heavy atom. The molecule has 1 aromatic heterocycles. The highest BCUT2D eigenvalue weighted by Crippen LogP contribution is 2.23. The zero-order valence-corrected chi connectivity index (χ0v) is 11.5. The van der Waals surface area contributed by atoms with Crippen molar-refractivity contribution < 1.29 is 4.74 Å². The van der Waals surface area contributed by atoms with Crippen LogP contribution < -0.4 is 10.5 Å². The highest BCUT2D eigenvalue weighted by atomic mass is 32.1. The van der Waals surface area contributed by atoms with Crippen molar-refractivity contribution in [2.24, 2.45) is 5.73 Å². The third-order valence-electron chi connectivity index (χ3n) is 2.61. The zero-order chi connectivity index (χ0) is 13.0. The lowest BCUT2D eigenvalue weighted by atomic mass is 10.0. The van der Waals surface area contributed by atoms with Crippen molar-refractivity contribution >= 4 is 11.3 Å². The summed E-state index contributed by atoms with van der Waals surface area (Å²) in [5, 5.41) is 0. The summed E-state index contributed by atoms with van der Waals surface area (Å²) in [5.74, 6) is 0.923. The Balaban J connectivity index is 2.10. The lowest BCUT2D eigenvalue weighted by molar-refractivity contribution is 0.305. The van der Waals surface area contributed by atoms with Crippen LogP contribution in [0.4, 0.5) is 0 Å². The molecule has 2 aromatic rings. The maximum atomic E-state index is 5.87. The number of nitrogens with zero attached hydrogens (tertiary/aromatic N) is 1. The van der Waals surface area contributed by atoms with Gasteiger partial charge in [-0.1, -0.05) is 17.7 Å². The van der Waals surface area contributed by atoms with Gasteiger partial charge in [0.15, 0.2) is 0 Å². The maximum Gasteiger partial charge on any atom is 0.124 e. The standard InChI is InChI=1S/C14H18N2OS/c1-10-3-4-14(12(5-10)6-11(2)15)17-8-13-7-16-9-18-13/h3-5,7,9,11H,6,8,15H2,1-2H3. The highest BCUT2D eigenvalue weighted by Gasteiger charge is 2.07. The van der Waals surface area contributed by atoms with Gasteiger partial charge in [-0.2, -0.15) is 0 Å². The summed E-state index contributed by atoms with van der Waals surface area (Å²) in [6, 6.07) is 6.36. The molecular weight excluding hydrogens is 244 g/mol. The summed E-state index contributed by atoms with van der Waals surface area (Å²) in [5.41, 5.74) is 10.1. The van der Waals surface area contributed by atoms with Gasteiger partial charge < -0.3 is 10.5 Å². The first-order valence-electron chi connectivity index (χ1n) is 6.00. The Labute approximate surface area is 112 Å². The van der Waals surface area contributed by atoms with Gasteiger partial charge in [-0.3, -0.25) is 4.98 Å². The summed E-state index contributed by atoms with van der Waals surface area (Å²) in [7, 11) is 0. The second-order valence-corrected chi connectivity index (χ2v) is 5.52.